The molecule has 0 N–H and O–H groups in total. The van der Waals surface area contributed by atoms with Crippen molar-refractivity contribution in [2.75, 3.05) is 20.8 Å². The number of hydrogen-bond donors (Lipinski definition) is 0. The Morgan fingerprint density at radius 3 is 2.51 bits per heavy atom. The van der Waals surface area contributed by atoms with Gasteiger partial charge in [-0.25, -0.2) is 4.98 Å². The van der Waals surface area contributed by atoms with Crippen molar-refractivity contribution in [1.82, 2.24) is 9.55 Å². The lowest BCUT2D eigenvalue weighted by Gasteiger charge is -2.16. The topological polar surface area (TPSA) is 96.7 Å². The SMILES string of the molecule is CCc1c2c(nc3ccc(OCC=O)cc13)-c1cc(C(C=O)CC)c(COC)c(=O)n1C2.COF. The van der Waals surface area contributed by atoms with E-state index in [1.165, 1.54) is 0 Å². The highest BCUT2D eigenvalue weighted by atomic mass is 19.3. The third-order valence-electron chi connectivity index (χ3n) is 6.13. The van der Waals surface area contributed by atoms with Crippen molar-refractivity contribution in [1.29, 1.82) is 0 Å². The molecule has 186 valence electrons. The Labute approximate surface area is 202 Å². The predicted octanol–water partition coefficient (Wildman–Crippen LogP) is 3.92. The van der Waals surface area contributed by atoms with Gasteiger partial charge in [-0.1, -0.05) is 13.8 Å². The predicted molar refractivity (Wildman–Crippen MR) is 129 cm³/mol. The molecule has 1 aromatic carbocycles. The summed E-state index contributed by atoms with van der Waals surface area (Å²) < 4.78 is 22.3. The average molecular weight is 485 g/mol. The van der Waals surface area contributed by atoms with E-state index in [-0.39, 0.29) is 24.7 Å². The first-order chi connectivity index (χ1) is 17.0. The number of aromatic nitrogens is 2. The van der Waals surface area contributed by atoms with Gasteiger partial charge in [-0.05, 0) is 52.8 Å². The molecule has 0 spiro atoms. The fraction of sp³-hybridized carbons (Fsp3) is 0.385. The number of carbonyl (C=O) groups excluding carboxylic acids is 2. The van der Waals surface area contributed by atoms with Crippen LogP contribution in [0.4, 0.5) is 4.53 Å². The lowest BCUT2D eigenvalue weighted by atomic mass is 9.93. The van der Waals surface area contributed by atoms with Gasteiger partial charge in [-0.3, -0.25) is 9.59 Å². The van der Waals surface area contributed by atoms with Crippen LogP contribution in [0.2, 0.25) is 0 Å². The zero-order valence-corrected chi connectivity index (χ0v) is 20.3. The third kappa shape index (κ3) is 5.01. The van der Waals surface area contributed by atoms with Crippen LogP contribution >= 0.6 is 0 Å². The van der Waals surface area contributed by atoms with E-state index >= 15 is 0 Å². The Bertz CT molecular complexity index is 1290. The van der Waals surface area contributed by atoms with E-state index in [1.54, 1.807) is 17.7 Å². The van der Waals surface area contributed by atoms with Gasteiger partial charge in [0, 0.05) is 29.5 Å². The summed E-state index contributed by atoms with van der Waals surface area (Å²) in [6.07, 6.45) is 2.97. The van der Waals surface area contributed by atoms with Crippen molar-refractivity contribution in [3.05, 3.63) is 56.9 Å². The molecule has 0 saturated carbocycles. The maximum absolute atomic E-state index is 13.4. The van der Waals surface area contributed by atoms with Crippen LogP contribution in [0.25, 0.3) is 22.3 Å². The Hall–Kier alpha value is -3.43. The van der Waals surface area contributed by atoms with Crippen LogP contribution in [0.1, 0.15) is 48.4 Å². The molecule has 0 amide bonds. The molecule has 1 atom stereocenters. The van der Waals surface area contributed by atoms with Gasteiger partial charge < -0.3 is 18.8 Å². The van der Waals surface area contributed by atoms with Crippen LogP contribution in [0.15, 0.2) is 29.1 Å². The first-order valence-corrected chi connectivity index (χ1v) is 11.4. The van der Waals surface area contributed by atoms with Gasteiger partial charge in [0.15, 0.2) is 6.29 Å². The maximum atomic E-state index is 13.4. The van der Waals surface area contributed by atoms with E-state index in [0.29, 0.717) is 36.1 Å². The number of hydrogen-bond acceptors (Lipinski definition) is 7. The highest BCUT2D eigenvalue weighted by Crippen LogP contribution is 2.38. The summed E-state index contributed by atoms with van der Waals surface area (Å²) >= 11 is 0. The molecule has 8 nitrogen and oxygen atoms in total. The number of ether oxygens (including phenoxy) is 2. The van der Waals surface area contributed by atoms with Crippen molar-refractivity contribution in [2.45, 2.75) is 45.8 Å². The fourth-order valence-corrected chi connectivity index (χ4v) is 4.58. The van der Waals surface area contributed by atoms with Crippen LogP contribution in [0.5, 0.6) is 5.75 Å². The summed E-state index contributed by atoms with van der Waals surface area (Å²) in [6, 6.07) is 7.50. The maximum Gasteiger partial charge on any atom is 0.257 e. The summed E-state index contributed by atoms with van der Waals surface area (Å²) in [7, 11) is 2.51. The van der Waals surface area contributed by atoms with Crippen molar-refractivity contribution in [3.8, 4) is 17.1 Å². The molecule has 0 radical (unpaired) electrons. The molecule has 3 heterocycles. The fourth-order valence-electron chi connectivity index (χ4n) is 4.58. The highest BCUT2D eigenvalue weighted by molar-refractivity contribution is 5.89. The molecule has 0 saturated heterocycles. The zero-order chi connectivity index (χ0) is 25.5. The molecular formula is C26H29FN2O6. The van der Waals surface area contributed by atoms with Crippen LogP contribution in [-0.4, -0.2) is 42.9 Å². The number of halogens is 1. The van der Waals surface area contributed by atoms with Crippen molar-refractivity contribution >= 4 is 23.5 Å². The van der Waals surface area contributed by atoms with Crippen LogP contribution in [0.3, 0.4) is 0 Å². The Kier molecular flexibility index (Phi) is 8.84. The second kappa shape index (κ2) is 11.8. The second-order valence-electron chi connectivity index (χ2n) is 8.02. The van der Waals surface area contributed by atoms with Gasteiger partial charge in [0.1, 0.15) is 18.6 Å². The largest absolute Gasteiger partial charge is 0.486 e. The Balaban J connectivity index is 0.00000108. The molecule has 4 rings (SSSR count). The van der Waals surface area contributed by atoms with E-state index in [0.717, 1.165) is 53.2 Å². The highest BCUT2D eigenvalue weighted by Gasteiger charge is 2.29. The van der Waals surface area contributed by atoms with E-state index in [4.69, 9.17) is 14.5 Å². The zero-order valence-electron chi connectivity index (χ0n) is 20.3. The summed E-state index contributed by atoms with van der Waals surface area (Å²) in [5.74, 6) is 0.238. The number of carbonyl (C=O) groups is 2. The van der Waals surface area contributed by atoms with E-state index in [9.17, 15) is 18.9 Å². The van der Waals surface area contributed by atoms with Crippen LogP contribution in [0, 0.1) is 0 Å². The number of pyridine rings is 2. The standard InChI is InChI=1S/C25H26N2O5.CH3FO/c1-4-15(13-29)18-11-23-24-20(12-27(23)25(30)21(18)14-31-3)17(5-2)19-10-16(32-9-8-28)6-7-22(19)26-24;1-3-2/h6-8,10-11,13,15H,4-5,9,12,14H2,1-3H3;1H3. The van der Waals surface area contributed by atoms with Gasteiger partial charge in [-0.2, -0.15) is 4.94 Å². The molecule has 1 aliphatic heterocycles. The lowest BCUT2D eigenvalue weighted by molar-refractivity contribution is -0.110. The molecule has 35 heavy (non-hydrogen) atoms. The quantitative estimate of drug-likeness (QED) is 0.332. The first-order valence-electron chi connectivity index (χ1n) is 11.4. The van der Waals surface area contributed by atoms with Gasteiger partial charge in [0.05, 0.1) is 37.2 Å². The molecule has 3 aromatic rings. The average Bonchev–Trinajstić information content (AvgIpc) is 3.23. The molecule has 0 aliphatic carbocycles. The Morgan fingerprint density at radius 2 is 1.91 bits per heavy atom. The minimum Gasteiger partial charge on any atom is -0.486 e. The molecule has 0 bridgehead atoms. The summed E-state index contributed by atoms with van der Waals surface area (Å²) in [5, 5.41) is 0.951. The molecule has 1 unspecified atom stereocenters. The van der Waals surface area contributed by atoms with Gasteiger partial charge in [-0.15, -0.1) is 0 Å². The van der Waals surface area contributed by atoms with E-state index in [1.807, 2.05) is 25.1 Å². The number of methoxy groups -OCH3 is 1. The Morgan fingerprint density at radius 1 is 1.17 bits per heavy atom. The number of rotatable bonds is 9. The molecule has 1 aliphatic rings. The van der Waals surface area contributed by atoms with E-state index < -0.39 is 0 Å². The summed E-state index contributed by atoms with van der Waals surface area (Å²) in [6.45, 7) is 4.57. The first kappa shape index (κ1) is 26.2. The monoisotopic (exact) mass is 484 g/mol. The van der Waals surface area contributed by atoms with Crippen molar-refractivity contribution < 1.29 is 28.5 Å². The lowest BCUT2D eigenvalue weighted by Crippen LogP contribution is -2.26. The van der Waals surface area contributed by atoms with Gasteiger partial charge in [0.2, 0.25) is 0 Å². The number of fused-ring (bicyclic) bond motifs is 4. The number of aldehydes is 2. The molecule has 0 fully saturated rings. The van der Waals surface area contributed by atoms with Crippen LogP contribution in [-0.2, 0) is 38.8 Å². The normalized spacial score (nSPS) is 12.4. The van der Waals surface area contributed by atoms with Crippen molar-refractivity contribution in [2.24, 2.45) is 0 Å². The van der Waals surface area contributed by atoms with Crippen molar-refractivity contribution in [3.63, 3.8) is 0 Å². The number of nitrogens with zero attached hydrogens (tertiary/aromatic N) is 2. The van der Waals surface area contributed by atoms with Gasteiger partial charge >= 0.3 is 0 Å². The van der Waals surface area contributed by atoms with Gasteiger partial charge in [0.25, 0.3) is 5.56 Å². The molecule has 9 heteroatoms. The second-order valence-corrected chi connectivity index (χ2v) is 8.02. The minimum absolute atomic E-state index is 0.00739. The number of benzene rings is 1. The smallest absolute Gasteiger partial charge is 0.257 e. The number of aryl methyl sites for hydroxylation is 1. The summed E-state index contributed by atoms with van der Waals surface area (Å²) in [5.41, 5.74) is 5.51. The third-order valence-corrected chi connectivity index (χ3v) is 6.13. The van der Waals surface area contributed by atoms with Crippen LogP contribution < -0.4 is 10.3 Å². The molecular weight excluding hydrogens is 455 g/mol. The molecule has 2 aromatic heterocycles. The summed E-state index contributed by atoms with van der Waals surface area (Å²) in [4.78, 5) is 43.5. The minimum atomic E-state index is -0.369. The van der Waals surface area contributed by atoms with E-state index in [2.05, 4.69) is 11.9 Å².